The average Bonchev–Trinajstić information content (AvgIpc) is 3.25. The van der Waals surface area contributed by atoms with Crippen molar-refractivity contribution < 1.29 is 27.4 Å². The molecule has 1 heterocycles. The van der Waals surface area contributed by atoms with Crippen LogP contribution in [0.15, 0.2) is 55.1 Å². The van der Waals surface area contributed by atoms with Crippen molar-refractivity contribution in [2.45, 2.75) is 19.5 Å². The van der Waals surface area contributed by atoms with Gasteiger partial charge in [0.2, 0.25) is 0 Å². The number of carbonyl (C=O) groups is 1. The summed E-state index contributed by atoms with van der Waals surface area (Å²) in [7, 11) is 0. The van der Waals surface area contributed by atoms with Gasteiger partial charge in [-0.3, -0.25) is 4.79 Å². The van der Waals surface area contributed by atoms with Gasteiger partial charge in [0.15, 0.2) is 18.1 Å². The number of nitrogens with one attached hydrogen (secondary N) is 1. The van der Waals surface area contributed by atoms with E-state index in [1.54, 1.807) is 24.3 Å². The van der Waals surface area contributed by atoms with Crippen molar-refractivity contribution in [3.05, 3.63) is 60.7 Å². The Bertz CT molecular complexity index is 991. The van der Waals surface area contributed by atoms with Crippen molar-refractivity contribution in [2.75, 3.05) is 18.5 Å². The second-order valence-corrected chi connectivity index (χ2v) is 6.20. The fourth-order valence-corrected chi connectivity index (χ4v) is 2.58. The minimum Gasteiger partial charge on any atom is -0.490 e. The molecule has 0 radical (unpaired) electrons. The molecular weight excluding hydrogens is 401 g/mol. The number of alkyl halides is 3. The zero-order valence-electron chi connectivity index (χ0n) is 16.0. The smallest absolute Gasteiger partial charge is 0.416 e. The highest BCUT2D eigenvalue weighted by molar-refractivity contribution is 5.94. The number of hydrogen-bond donors (Lipinski definition) is 1. The average molecular weight is 420 g/mol. The second-order valence-electron chi connectivity index (χ2n) is 6.20. The van der Waals surface area contributed by atoms with E-state index in [0.717, 1.165) is 18.6 Å². The van der Waals surface area contributed by atoms with Crippen LogP contribution in [0.5, 0.6) is 11.5 Å². The molecule has 0 unspecified atom stereocenters. The van der Waals surface area contributed by atoms with E-state index in [1.807, 2.05) is 6.92 Å². The highest BCUT2D eigenvalue weighted by Crippen LogP contribution is 2.33. The van der Waals surface area contributed by atoms with Gasteiger partial charge >= 0.3 is 6.18 Å². The van der Waals surface area contributed by atoms with Crippen molar-refractivity contribution in [2.24, 2.45) is 0 Å². The highest BCUT2D eigenvalue weighted by Gasteiger charge is 2.31. The molecular formula is C20H19F3N4O3. The summed E-state index contributed by atoms with van der Waals surface area (Å²) >= 11 is 0. The van der Waals surface area contributed by atoms with Gasteiger partial charge in [0.05, 0.1) is 23.5 Å². The first-order chi connectivity index (χ1) is 14.4. The summed E-state index contributed by atoms with van der Waals surface area (Å²) in [4.78, 5) is 16.2. The van der Waals surface area contributed by atoms with Crippen LogP contribution in [0.3, 0.4) is 0 Å². The lowest BCUT2D eigenvalue weighted by atomic mass is 10.1. The molecule has 2 aromatic carbocycles. The number of halogens is 3. The Morgan fingerprint density at radius 2 is 1.87 bits per heavy atom. The van der Waals surface area contributed by atoms with Crippen LogP contribution in [0.1, 0.15) is 18.9 Å². The molecule has 0 saturated carbocycles. The number of aromatic nitrogens is 3. The second kappa shape index (κ2) is 9.29. The summed E-state index contributed by atoms with van der Waals surface area (Å²) in [6.07, 6.45) is -1.21. The van der Waals surface area contributed by atoms with E-state index >= 15 is 0 Å². The summed E-state index contributed by atoms with van der Waals surface area (Å²) in [6.45, 7) is 2.02. The quantitative estimate of drug-likeness (QED) is 0.594. The Balaban J connectivity index is 1.76. The largest absolute Gasteiger partial charge is 0.490 e. The molecule has 0 saturated heterocycles. The lowest BCUT2D eigenvalue weighted by Gasteiger charge is -2.15. The minimum atomic E-state index is -4.56. The molecule has 7 nitrogen and oxygen atoms in total. The van der Waals surface area contributed by atoms with E-state index in [9.17, 15) is 18.0 Å². The van der Waals surface area contributed by atoms with Crippen molar-refractivity contribution in [3.63, 3.8) is 0 Å². The Hall–Kier alpha value is -3.56. The van der Waals surface area contributed by atoms with Crippen molar-refractivity contribution in [3.8, 4) is 17.2 Å². The van der Waals surface area contributed by atoms with Gasteiger partial charge in [0, 0.05) is 0 Å². The number of nitrogens with zero attached hydrogens (tertiary/aromatic N) is 3. The van der Waals surface area contributed by atoms with Gasteiger partial charge in [-0.15, -0.1) is 0 Å². The predicted octanol–water partition coefficient (Wildman–Crippen LogP) is 4.09. The van der Waals surface area contributed by atoms with E-state index in [1.165, 1.54) is 23.4 Å². The Morgan fingerprint density at radius 1 is 1.13 bits per heavy atom. The SMILES string of the molecule is CCCOc1ccccc1OCC(=O)Nc1cc(C(F)(F)F)ccc1-n1cncn1. The highest BCUT2D eigenvalue weighted by atomic mass is 19.4. The maximum atomic E-state index is 13.1. The van der Waals surface area contributed by atoms with Gasteiger partial charge in [-0.05, 0) is 36.8 Å². The van der Waals surface area contributed by atoms with Gasteiger partial charge in [0.1, 0.15) is 12.7 Å². The number of anilines is 1. The predicted molar refractivity (Wildman–Crippen MR) is 103 cm³/mol. The molecule has 3 aromatic rings. The van der Waals surface area contributed by atoms with Crippen LogP contribution in [0.2, 0.25) is 0 Å². The Kier molecular flexibility index (Phi) is 6.55. The molecule has 0 aliphatic heterocycles. The van der Waals surface area contributed by atoms with Crippen LogP contribution in [0.25, 0.3) is 5.69 Å². The molecule has 30 heavy (non-hydrogen) atoms. The van der Waals surface area contributed by atoms with Gasteiger partial charge < -0.3 is 14.8 Å². The Labute approximate surface area is 170 Å². The maximum Gasteiger partial charge on any atom is 0.416 e. The fourth-order valence-electron chi connectivity index (χ4n) is 2.58. The summed E-state index contributed by atoms with van der Waals surface area (Å²) in [5.41, 5.74) is -0.735. The molecule has 158 valence electrons. The van der Waals surface area contributed by atoms with Gasteiger partial charge in [-0.2, -0.15) is 18.3 Å². The zero-order valence-corrected chi connectivity index (χ0v) is 16.0. The Morgan fingerprint density at radius 3 is 2.50 bits per heavy atom. The summed E-state index contributed by atoms with van der Waals surface area (Å²) in [5.74, 6) is 0.206. The molecule has 1 aromatic heterocycles. The first kappa shape index (κ1) is 21.2. The van der Waals surface area contributed by atoms with E-state index in [2.05, 4.69) is 15.4 Å². The number of para-hydroxylation sites is 2. The molecule has 3 rings (SSSR count). The topological polar surface area (TPSA) is 78.3 Å². The maximum absolute atomic E-state index is 13.1. The monoisotopic (exact) mass is 420 g/mol. The number of carbonyl (C=O) groups excluding carboxylic acids is 1. The first-order valence-electron chi connectivity index (χ1n) is 9.09. The summed E-state index contributed by atoms with van der Waals surface area (Å²) in [6, 6.07) is 9.80. The van der Waals surface area contributed by atoms with Crippen molar-refractivity contribution >= 4 is 11.6 Å². The minimum absolute atomic E-state index is 0.0700. The molecule has 10 heteroatoms. The third kappa shape index (κ3) is 5.28. The number of hydrogen-bond acceptors (Lipinski definition) is 5. The first-order valence-corrected chi connectivity index (χ1v) is 9.09. The molecule has 0 fully saturated rings. The standard InChI is InChI=1S/C20H19F3N4O3/c1-2-9-29-17-5-3-4-6-18(17)30-11-19(28)26-15-10-14(20(21,22)23)7-8-16(15)27-13-24-12-25-27/h3-8,10,12-13H,2,9,11H2,1H3,(H,26,28). The number of benzene rings is 2. The van der Waals surface area contributed by atoms with Crippen LogP contribution >= 0.6 is 0 Å². The van der Waals surface area contributed by atoms with Crippen molar-refractivity contribution in [1.82, 2.24) is 14.8 Å². The fraction of sp³-hybridized carbons (Fsp3) is 0.250. The number of rotatable bonds is 8. The van der Waals surface area contributed by atoms with Gasteiger partial charge in [0.25, 0.3) is 5.91 Å². The summed E-state index contributed by atoms with van der Waals surface area (Å²) in [5, 5.41) is 6.36. The van der Waals surface area contributed by atoms with E-state index in [4.69, 9.17) is 9.47 Å². The molecule has 1 amide bonds. The molecule has 0 bridgehead atoms. The zero-order chi connectivity index (χ0) is 21.6. The number of ether oxygens (including phenoxy) is 2. The van der Waals surface area contributed by atoms with Crippen molar-refractivity contribution in [1.29, 1.82) is 0 Å². The molecule has 0 spiro atoms. The lowest BCUT2D eigenvalue weighted by Crippen LogP contribution is -2.22. The molecule has 1 N–H and O–H groups in total. The van der Waals surface area contributed by atoms with Crippen LogP contribution in [0.4, 0.5) is 18.9 Å². The van der Waals surface area contributed by atoms with Crippen LogP contribution < -0.4 is 14.8 Å². The van der Waals surface area contributed by atoms with Gasteiger partial charge in [-0.25, -0.2) is 9.67 Å². The molecule has 0 aliphatic rings. The summed E-state index contributed by atoms with van der Waals surface area (Å²) < 4.78 is 51.6. The van der Waals surface area contributed by atoms with Crippen LogP contribution in [-0.2, 0) is 11.0 Å². The van der Waals surface area contributed by atoms with Gasteiger partial charge in [-0.1, -0.05) is 19.1 Å². The molecule has 0 aliphatic carbocycles. The normalized spacial score (nSPS) is 11.2. The van der Waals surface area contributed by atoms with Crippen LogP contribution in [-0.4, -0.2) is 33.9 Å². The number of amides is 1. The molecule has 0 atom stereocenters. The van der Waals surface area contributed by atoms with E-state index < -0.39 is 24.3 Å². The third-order valence-corrected chi connectivity index (χ3v) is 3.93. The van der Waals surface area contributed by atoms with E-state index in [0.29, 0.717) is 18.1 Å². The van der Waals surface area contributed by atoms with Crippen LogP contribution in [0, 0.1) is 0 Å². The van der Waals surface area contributed by atoms with E-state index in [-0.39, 0.29) is 11.4 Å². The lowest BCUT2D eigenvalue weighted by molar-refractivity contribution is -0.137. The third-order valence-electron chi connectivity index (χ3n) is 3.93.